The van der Waals surface area contributed by atoms with E-state index in [-0.39, 0.29) is 36.1 Å². The highest BCUT2D eigenvalue weighted by molar-refractivity contribution is 7.91. The Labute approximate surface area is 262 Å². The number of nitrogens with one attached hydrogen (secondary N) is 1. The number of rotatable bonds is 13. The van der Waals surface area contributed by atoms with E-state index in [2.05, 4.69) is 5.32 Å². The van der Waals surface area contributed by atoms with Crippen LogP contribution in [0.4, 0.5) is 0 Å². The zero-order chi connectivity index (χ0) is 31.0. The molecule has 0 aliphatic carbocycles. The number of benzene rings is 4. The van der Waals surface area contributed by atoms with Gasteiger partial charge in [-0.3, -0.25) is 4.79 Å². The first-order chi connectivity index (χ1) is 21.3. The van der Waals surface area contributed by atoms with Crippen LogP contribution in [0.2, 0.25) is 5.02 Å². The number of aliphatic hydroxyl groups is 1. The maximum absolute atomic E-state index is 14.3. The Balaban J connectivity index is 1.52. The zero-order valence-corrected chi connectivity index (χ0v) is 25.5. The summed E-state index contributed by atoms with van der Waals surface area (Å²) in [5.74, 6) is 0.0521. The molecule has 0 bridgehead atoms. The van der Waals surface area contributed by atoms with Gasteiger partial charge in [0.05, 0.1) is 17.3 Å². The van der Waals surface area contributed by atoms with Crippen LogP contribution >= 0.6 is 11.6 Å². The molecule has 0 spiro atoms. The zero-order valence-electron chi connectivity index (χ0n) is 23.9. The number of nitrogens with zero attached hydrogens (tertiary/aromatic N) is 1. The summed E-state index contributed by atoms with van der Waals surface area (Å²) in [7, 11) is -3.75. The van der Waals surface area contributed by atoms with Crippen LogP contribution in [0, 0.1) is 0 Å². The third-order valence-electron chi connectivity index (χ3n) is 7.35. The Morgan fingerprint density at radius 3 is 2.25 bits per heavy atom. The molecule has 5 rings (SSSR count). The summed E-state index contributed by atoms with van der Waals surface area (Å²) in [6, 6.07) is 31.6. The number of carbonyl (C=O) groups excluding carboxylic acids is 1. The van der Waals surface area contributed by atoms with Crippen molar-refractivity contribution in [3.8, 4) is 5.75 Å². The van der Waals surface area contributed by atoms with E-state index in [0.29, 0.717) is 34.9 Å². The lowest BCUT2D eigenvalue weighted by Gasteiger charge is -2.30. The number of sulfone groups is 1. The van der Waals surface area contributed by atoms with E-state index in [9.17, 15) is 13.2 Å². The van der Waals surface area contributed by atoms with E-state index in [4.69, 9.17) is 31.2 Å². The minimum Gasteiger partial charge on any atom is -0.494 e. The molecule has 1 aliphatic heterocycles. The molecule has 10 heteroatoms. The molecule has 1 heterocycles. The summed E-state index contributed by atoms with van der Waals surface area (Å²) in [4.78, 5) is 19.3. The van der Waals surface area contributed by atoms with Gasteiger partial charge in [-0.05, 0) is 59.7 Å². The largest absolute Gasteiger partial charge is 0.494 e. The molecule has 1 aliphatic rings. The second-order valence-corrected chi connectivity index (χ2v) is 12.9. The Morgan fingerprint density at radius 1 is 0.932 bits per heavy atom. The first-order valence-corrected chi connectivity index (χ1v) is 16.3. The Hall–Kier alpha value is -4.18. The molecule has 4 aromatic rings. The van der Waals surface area contributed by atoms with Gasteiger partial charge in [-0.25, -0.2) is 13.4 Å². The smallest absolute Gasteiger partial charge is 0.252 e. The van der Waals surface area contributed by atoms with Gasteiger partial charge in [-0.1, -0.05) is 72.3 Å². The molecular formula is C34H33ClN2O6S. The molecule has 8 nitrogen and oxygen atoms in total. The second kappa shape index (κ2) is 14.1. The summed E-state index contributed by atoms with van der Waals surface area (Å²) >= 11 is 6.04. The predicted octanol–water partition coefficient (Wildman–Crippen LogP) is 5.54. The van der Waals surface area contributed by atoms with Crippen LogP contribution in [0.1, 0.15) is 35.6 Å². The lowest BCUT2D eigenvalue weighted by atomic mass is 9.85. The topological polar surface area (TPSA) is 114 Å². The SMILES string of the molecule is O=C(NCc1ccc(Cl)cc1)[C@]1(CCS(=O)(=O)c2ccccc2)N=C(c2ccc(OCCCO)cc2)O[C@@H]1c1ccccc1. The first kappa shape index (κ1) is 31.3. The average molecular weight is 633 g/mol. The summed E-state index contributed by atoms with van der Waals surface area (Å²) in [5, 5.41) is 12.6. The van der Waals surface area contributed by atoms with Gasteiger partial charge < -0.3 is 19.9 Å². The van der Waals surface area contributed by atoms with E-state index >= 15 is 0 Å². The molecule has 2 atom stereocenters. The molecule has 0 radical (unpaired) electrons. The van der Waals surface area contributed by atoms with Crippen molar-refractivity contribution >= 4 is 33.2 Å². The molecule has 0 fully saturated rings. The maximum Gasteiger partial charge on any atom is 0.252 e. The van der Waals surface area contributed by atoms with Crippen LogP contribution in [0.25, 0.3) is 0 Å². The highest BCUT2D eigenvalue weighted by Crippen LogP contribution is 2.43. The van der Waals surface area contributed by atoms with Crippen molar-refractivity contribution in [3.63, 3.8) is 0 Å². The molecule has 0 unspecified atom stereocenters. The highest BCUT2D eigenvalue weighted by atomic mass is 35.5. The lowest BCUT2D eigenvalue weighted by Crippen LogP contribution is -2.49. The Morgan fingerprint density at radius 2 is 1.59 bits per heavy atom. The number of aliphatic hydroxyl groups excluding tert-OH is 1. The first-order valence-electron chi connectivity index (χ1n) is 14.3. The van der Waals surface area contributed by atoms with Crippen LogP contribution in [0.15, 0.2) is 119 Å². The second-order valence-electron chi connectivity index (χ2n) is 10.4. The normalized spacial score (nSPS) is 17.9. The molecule has 0 aromatic heterocycles. The van der Waals surface area contributed by atoms with Crippen LogP contribution in [-0.4, -0.2) is 49.8 Å². The third kappa shape index (κ3) is 7.30. The fourth-order valence-corrected chi connectivity index (χ4v) is 6.48. The van der Waals surface area contributed by atoms with Crippen molar-refractivity contribution in [3.05, 3.63) is 131 Å². The van der Waals surface area contributed by atoms with Gasteiger partial charge in [-0.15, -0.1) is 0 Å². The van der Waals surface area contributed by atoms with Crippen molar-refractivity contribution in [1.82, 2.24) is 5.32 Å². The highest BCUT2D eigenvalue weighted by Gasteiger charge is 2.53. The number of amides is 1. The Bertz CT molecular complexity index is 1680. The Kier molecular flexibility index (Phi) is 9.99. The summed E-state index contributed by atoms with van der Waals surface area (Å²) in [6.45, 7) is 0.595. The molecular weight excluding hydrogens is 600 g/mol. The van der Waals surface area contributed by atoms with Gasteiger partial charge in [-0.2, -0.15) is 0 Å². The van der Waals surface area contributed by atoms with Crippen LogP contribution in [0.5, 0.6) is 5.75 Å². The number of hydrogen-bond donors (Lipinski definition) is 2. The summed E-state index contributed by atoms with van der Waals surface area (Å²) in [6.07, 6.45) is -0.506. The molecule has 0 saturated carbocycles. The average Bonchev–Trinajstić information content (AvgIpc) is 3.46. The standard InChI is InChI=1S/C34H33ClN2O6S/c35-28-16-12-25(13-17-28)24-36-33(39)34(20-23-44(40,41)30-10-5-2-6-11-30)31(26-8-3-1-4-9-26)43-32(37-34)27-14-18-29(19-15-27)42-22-7-21-38/h1-6,8-19,31,38H,7,20-24H2,(H,36,39)/t31-,34-/m1/s1. The number of carbonyl (C=O) groups is 1. The van der Waals surface area contributed by atoms with E-state index in [0.717, 1.165) is 5.56 Å². The van der Waals surface area contributed by atoms with Crippen LogP contribution in [-0.2, 0) is 25.9 Å². The lowest BCUT2D eigenvalue weighted by molar-refractivity contribution is -0.129. The third-order valence-corrected chi connectivity index (χ3v) is 9.34. The number of halogens is 1. The molecule has 1 amide bonds. The fourth-order valence-electron chi connectivity index (χ4n) is 4.97. The fraction of sp³-hybridized carbons (Fsp3) is 0.235. The maximum atomic E-state index is 14.3. The van der Waals surface area contributed by atoms with E-state index in [1.807, 2.05) is 42.5 Å². The quantitative estimate of drug-likeness (QED) is 0.187. The minimum atomic E-state index is -3.75. The van der Waals surface area contributed by atoms with Crippen LogP contribution < -0.4 is 10.1 Å². The van der Waals surface area contributed by atoms with Gasteiger partial charge >= 0.3 is 0 Å². The summed E-state index contributed by atoms with van der Waals surface area (Å²) < 4.78 is 39.0. The van der Waals surface area contributed by atoms with Gasteiger partial charge in [0.15, 0.2) is 21.5 Å². The van der Waals surface area contributed by atoms with Gasteiger partial charge in [0.25, 0.3) is 5.91 Å². The van der Waals surface area contributed by atoms with E-state index in [1.165, 1.54) is 0 Å². The van der Waals surface area contributed by atoms with Gasteiger partial charge in [0, 0.05) is 36.6 Å². The summed E-state index contributed by atoms with van der Waals surface area (Å²) in [5.41, 5.74) is 0.528. The predicted molar refractivity (Wildman–Crippen MR) is 170 cm³/mol. The molecule has 44 heavy (non-hydrogen) atoms. The monoisotopic (exact) mass is 632 g/mol. The van der Waals surface area contributed by atoms with Crippen molar-refractivity contribution in [2.24, 2.45) is 4.99 Å². The van der Waals surface area contributed by atoms with Gasteiger partial charge in [0.1, 0.15) is 5.75 Å². The van der Waals surface area contributed by atoms with E-state index in [1.54, 1.807) is 66.7 Å². The van der Waals surface area contributed by atoms with Crippen molar-refractivity contribution in [2.75, 3.05) is 19.0 Å². The van der Waals surface area contributed by atoms with Crippen molar-refractivity contribution in [2.45, 2.75) is 35.9 Å². The van der Waals surface area contributed by atoms with Crippen molar-refractivity contribution in [1.29, 1.82) is 0 Å². The molecule has 4 aromatic carbocycles. The molecule has 0 saturated heterocycles. The molecule has 2 N–H and O–H groups in total. The number of aliphatic imine (C=N–C) groups is 1. The van der Waals surface area contributed by atoms with Gasteiger partial charge in [0.2, 0.25) is 5.90 Å². The van der Waals surface area contributed by atoms with E-state index < -0.39 is 27.4 Å². The number of ether oxygens (including phenoxy) is 2. The number of hydrogen-bond acceptors (Lipinski definition) is 7. The van der Waals surface area contributed by atoms with Crippen molar-refractivity contribution < 1.29 is 27.8 Å². The molecule has 228 valence electrons. The van der Waals surface area contributed by atoms with Crippen LogP contribution in [0.3, 0.4) is 0 Å². The minimum absolute atomic E-state index is 0.0335.